The second-order valence-electron chi connectivity index (χ2n) is 2.63. The van der Waals surface area contributed by atoms with Crippen LogP contribution >= 0.6 is 0 Å². The second kappa shape index (κ2) is 4.23. The summed E-state index contributed by atoms with van der Waals surface area (Å²) in [6.07, 6.45) is -4.98. The second-order valence-corrected chi connectivity index (χ2v) is 2.63. The molecule has 0 fully saturated rings. The predicted octanol–water partition coefficient (Wildman–Crippen LogP) is 1.41. The number of carbonyl (C=O) groups is 1. The molecule has 1 aromatic heterocycles. The number of alkyl halides is 3. The Bertz CT molecular complexity index is 473. The smallest absolute Gasteiger partial charge is 0.500 e. The highest BCUT2D eigenvalue weighted by atomic mass is 19.4. The monoisotopic (exact) mass is 252 g/mol. The van der Waals surface area contributed by atoms with Crippen LogP contribution in [0.15, 0.2) is 6.20 Å². The molecule has 92 valence electrons. The summed E-state index contributed by atoms with van der Waals surface area (Å²) in [5, 5.41) is 19.4. The van der Waals surface area contributed by atoms with Crippen molar-refractivity contribution < 1.29 is 32.7 Å². The van der Waals surface area contributed by atoms with Gasteiger partial charge in [-0.1, -0.05) is 0 Å². The Morgan fingerprint density at radius 2 is 2.12 bits per heavy atom. The Hall–Kier alpha value is -2.39. The van der Waals surface area contributed by atoms with Crippen LogP contribution in [-0.2, 0) is 0 Å². The van der Waals surface area contributed by atoms with Gasteiger partial charge in [-0.25, -0.2) is 0 Å². The topological polar surface area (TPSA) is 103 Å². The summed E-state index contributed by atoms with van der Waals surface area (Å²) in [5.41, 5.74) is -0.996. The summed E-state index contributed by atoms with van der Waals surface area (Å²) in [5.74, 6) is -3.54. The van der Waals surface area contributed by atoms with Crippen molar-refractivity contribution in [3.8, 4) is 11.5 Å². The standard InChI is InChI=1S/C7H3F3N2O5/c8-7(9,10)17-4-1-11-6(12(15)16)5(14)3(4)2-13/h1-2,14H. The number of rotatable bonds is 3. The Labute approximate surface area is 90.6 Å². The number of halogens is 3. The average molecular weight is 252 g/mol. The molecule has 17 heavy (non-hydrogen) atoms. The fourth-order valence-electron chi connectivity index (χ4n) is 0.941. The first-order chi connectivity index (χ1) is 7.76. The fourth-order valence-corrected chi connectivity index (χ4v) is 0.941. The van der Waals surface area contributed by atoms with Crippen molar-refractivity contribution in [3.05, 3.63) is 21.9 Å². The molecule has 0 atom stereocenters. The van der Waals surface area contributed by atoms with Crippen molar-refractivity contribution in [2.24, 2.45) is 0 Å². The van der Waals surface area contributed by atoms with Crippen molar-refractivity contribution in [2.75, 3.05) is 0 Å². The lowest BCUT2D eigenvalue weighted by Crippen LogP contribution is -2.18. The quantitative estimate of drug-likeness (QED) is 0.495. The molecule has 0 amide bonds. The number of nitrogens with zero attached hydrogens (tertiary/aromatic N) is 2. The SMILES string of the molecule is O=Cc1c(OC(F)(F)F)cnc([N+](=O)[O-])c1O. The predicted molar refractivity (Wildman–Crippen MR) is 44.6 cm³/mol. The van der Waals surface area contributed by atoms with Gasteiger partial charge in [-0.3, -0.25) is 4.79 Å². The summed E-state index contributed by atoms with van der Waals surface area (Å²) >= 11 is 0. The van der Waals surface area contributed by atoms with Crippen LogP contribution in [0.1, 0.15) is 10.4 Å². The molecule has 0 spiro atoms. The molecular formula is C7H3F3N2O5. The fraction of sp³-hybridized carbons (Fsp3) is 0.143. The van der Waals surface area contributed by atoms with Crippen LogP contribution in [0.3, 0.4) is 0 Å². The van der Waals surface area contributed by atoms with E-state index in [1.54, 1.807) is 0 Å². The van der Waals surface area contributed by atoms with Crippen LogP contribution in [0.4, 0.5) is 19.0 Å². The van der Waals surface area contributed by atoms with E-state index in [4.69, 9.17) is 5.11 Å². The van der Waals surface area contributed by atoms with Gasteiger partial charge in [0.1, 0.15) is 5.56 Å². The molecule has 10 heteroatoms. The maximum absolute atomic E-state index is 11.9. The summed E-state index contributed by atoms with van der Waals surface area (Å²) in [6.45, 7) is 0. The number of carbonyl (C=O) groups excluding carboxylic acids is 1. The molecule has 0 saturated carbocycles. The van der Waals surface area contributed by atoms with Gasteiger partial charge in [0, 0.05) is 0 Å². The highest BCUT2D eigenvalue weighted by Gasteiger charge is 2.35. The zero-order valence-electron chi connectivity index (χ0n) is 7.76. The molecule has 1 rings (SSSR count). The van der Waals surface area contributed by atoms with Gasteiger partial charge in [-0.05, 0) is 9.91 Å². The molecular weight excluding hydrogens is 249 g/mol. The minimum absolute atomic E-state index is 0.203. The summed E-state index contributed by atoms with van der Waals surface area (Å²) in [6, 6.07) is 0. The third-order valence-corrected chi connectivity index (χ3v) is 1.55. The number of aromatic nitrogens is 1. The van der Waals surface area contributed by atoms with Gasteiger partial charge in [-0.2, -0.15) is 0 Å². The van der Waals surface area contributed by atoms with E-state index in [9.17, 15) is 28.1 Å². The zero-order valence-corrected chi connectivity index (χ0v) is 7.76. The molecule has 0 aliphatic carbocycles. The molecule has 0 aliphatic heterocycles. The molecule has 1 aromatic rings. The van der Waals surface area contributed by atoms with Crippen molar-refractivity contribution in [2.45, 2.75) is 6.36 Å². The maximum Gasteiger partial charge on any atom is 0.573 e. The summed E-state index contributed by atoms with van der Waals surface area (Å²) in [7, 11) is 0. The minimum atomic E-state index is -5.11. The number of aromatic hydroxyl groups is 1. The van der Waals surface area contributed by atoms with Gasteiger partial charge in [0.2, 0.25) is 5.75 Å². The van der Waals surface area contributed by atoms with Gasteiger partial charge >= 0.3 is 12.2 Å². The average Bonchev–Trinajstić information content (AvgIpc) is 2.15. The molecule has 7 nitrogen and oxygen atoms in total. The van der Waals surface area contributed by atoms with Gasteiger partial charge in [-0.15, -0.1) is 13.2 Å². The number of nitro groups is 1. The van der Waals surface area contributed by atoms with Crippen LogP contribution in [0.2, 0.25) is 0 Å². The van der Waals surface area contributed by atoms with E-state index in [1.807, 2.05) is 0 Å². The third kappa shape index (κ3) is 2.80. The number of aldehydes is 1. The molecule has 1 N–H and O–H groups in total. The molecule has 1 heterocycles. The van der Waals surface area contributed by atoms with Crippen LogP contribution in [0.25, 0.3) is 0 Å². The lowest BCUT2D eigenvalue weighted by molar-refractivity contribution is -0.390. The van der Waals surface area contributed by atoms with E-state index in [1.165, 1.54) is 0 Å². The Morgan fingerprint density at radius 1 is 1.53 bits per heavy atom. The molecule has 0 bridgehead atoms. The maximum atomic E-state index is 11.9. The van der Waals surface area contributed by atoms with E-state index in [2.05, 4.69) is 9.72 Å². The molecule has 0 saturated heterocycles. The highest BCUT2D eigenvalue weighted by Crippen LogP contribution is 2.34. The highest BCUT2D eigenvalue weighted by molar-refractivity contribution is 5.85. The zero-order chi connectivity index (χ0) is 13.2. The van der Waals surface area contributed by atoms with Crippen molar-refractivity contribution in [3.63, 3.8) is 0 Å². The van der Waals surface area contributed by atoms with E-state index >= 15 is 0 Å². The summed E-state index contributed by atoms with van der Waals surface area (Å²) < 4.78 is 39.0. The van der Waals surface area contributed by atoms with Crippen LogP contribution < -0.4 is 4.74 Å². The largest absolute Gasteiger partial charge is 0.573 e. The van der Waals surface area contributed by atoms with Crippen molar-refractivity contribution >= 4 is 12.1 Å². The molecule has 0 unspecified atom stereocenters. The van der Waals surface area contributed by atoms with E-state index in [0.717, 1.165) is 0 Å². The molecule has 0 aliphatic rings. The summed E-state index contributed by atoms with van der Waals surface area (Å²) in [4.78, 5) is 22.5. The first kappa shape index (κ1) is 12.7. The first-order valence-corrected chi connectivity index (χ1v) is 3.83. The van der Waals surface area contributed by atoms with E-state index < -0.39 is 34.2 Å². The Kier molecular flexibility index (Phi) is 3.16. The molecule has 0 radical (unpaired) electrons. The number of hydrogen-bond acceptors (Lipinski definition) is 6. The van der Waals surface area contributed by atoms with Gasteiger partial charge < -0.3 is 20.0 Å². The van der Waals surface area contributed by atoms with Gasteiger partial charge in [0.25, 0.3) is 0 Å². The van der Waals surface area contributed by atoms with Crippen LogP contribution in [0, 0.1) is 10.1 Å². The van der Waals surface area contributed by atoms with E-state index in [-0.39, 0.29) is 6.29 Å². The Balaban J connectivity index is 3.31. The van der Waals surface area contributed by atoms with Gasteiger partial charge in [0.15, 0.2) is 18.2 Å². The van der Waals surface area contributed by atoms with E-state index in [0.29, 0.717) is 6.20 Å². The first-order valence-electron chi connectivity index (χ1n) is 3.83. The van der Waals surface area contributed by atoms with Crippen LogP contribution in [0.5, 0.6) is 11.5 Å². The number of ether oxygens (including phenoxy) is 1. The lowest BCUT2D eigenvalue weighted by Gasteiger charge is -2.09. The number of hydrogen-bond donors (Lipinski definition) is 1. The molecule has 0 aromatic carbocycles. The minimum Gasteiger partial charge on any atom is -0.500 e. The Morgan fingerprint density at radius 3 is 2.53 bits per heavy atom. The lowest BCUT2D eigenvalue weighted by atomic mass is 10.2. The van der Waals surface area contributed by atoms with Gasteiger partial charge in [0.05, 0.1) is 0 Å². The van der Waals surface area contributed by atoms with Crippen molar-refractivity contribution in [1.29, 1.82) is 0 Å². The normalized spacial score (nSPS) is 11.0. The van der Waals surface area contributed by atoms with Crippen LogP contribution in [-0.4, -0.2) is 27.7 Å². The van der Waals surface area contributed by atoms with Crippen molar-refractivity contribution in [1.82, 2.24) is 4.98 Å². The third-order valence-electron chi connectivity index (χ3n) is 1.55. The number of pyridine rings is 1.